The van der Waals surface area contributed by atoms with Crippen LogP contribution in [0.15, 0.2) is 53.1 Å². The predicted octanol–water partition coefficient (Wildman–Crippen LogP) is 5.39. The average Bonchev–Trinajstić information content (AvgIpc) is 3.28. The Morgan fingerprint density at radius 3 is 2.61 bits per heavy atom. The van der Waals surface area contributed by atoms with Crippen LogP contribution in [0.3, 0.4) is 0 Å². The molecule has 1 aromatic carbocycles. The fraction of sp³-hybridized carbons (Fsp3) is 0.370. The Bertz CT molecular complexity index is 1180. The van der Waals surface area contributed by atoms with Gasteiger partial charge in [0, 0.05) is 31.2 Å². The zero-order valence-electron chi connectivity index (χ0n) is 19.7. The van der Waals surface area contributed by atoms with Gasteiger partial charge in [0.05, 0.1) is 23.1 Å². The molecule has 2 aromatic heterocycles. The first-order chi connectivity index (χ1) is 15.9. The zero-order chi connectivity index (χ0) is 23.5. The molecule has 1 aliphatic heterocycles. The van der Waals surface area contributed by atoms with Crippen molar-refractivity contribution in [3.63, 3.8) is 0 Å². The molecular weight excluding hydrogens is 412 g/mol. The van der Waals surface area contributed by atoms with Gasteiger partial charge in [0.25, 0.3) is 5.91 Å². The van der Waals surface area contributed by atoms with Crippen molar-refractivity contribution in [1.29, 1.82) is 5.26 Å². The van der Waals surface area contributed by atoms with Crippen LogP contribution in [0.1, 0.15) is 60.5 Å². The van der Waals surface area contributed by atoms with E-state index in [0.29, 0.717) is 42.3 Å². The van der Waals surface area contributed by atoms with Gasteiger partial charge in [-0.1, -0.05) is 51.1 Å². The minimum Gasteiger partial charge on any atom is -0.469 e. The Labute approximate surface area is 195 Å². The van der Waals surface area contributed by atoms with Crippen LogP contribution in [0, 0.1) is 18.3 Å². The monoisotopic (exact) mass is 442 g/mol. The third-order valence-corrected chi connectivity index (χ3v) is 6.39. The summed E-state index contributed by atoms with van der Waals surface area (Å²) >= 11 is 0. The van der Waals surface area contributed by atoms with Gasteiger partial charge in [-0.2, -0.15) is 5.26 Å². The Hall–Kier alpha value is -3.59. The molecule has 0 unspecified atom stereocenters. The Kier molecular flexibility index (Phi) is 6.50. The summed E-state index contributed by atoms with van der Waals surface area (Å²) in [6, 6.07) is 16.2. The highest BCUT2D eigenvalue weighted by Crippen LogP contribution is 2.33. The number of amides is 1. The van der Waals surface area contributed by atoms with Crippen LogP contribution < -0.4 is 4.90 Å². The van der Waals surface area contributed by atoms with Gasteiger partial charge < -0.3 is 14.2 Å². The Morgan fingerprint density at radius 2 is 2.00 bits per heavy atom. The molecule has 6 nitrogen and oxygen atoms in total. The lowest BCUT2D eigenvalue weighted by Crippen LogP contribution is -2.55. The van der Waals surface area contributed by atoms with Crippen molar-refractivity contribution in [2.45, 2.75) is 46.1 Å². The van der Waals surface area contributed by atoms with Crippen LogP contribution in [0.5, 0.6) is 0 Å². The number of aromatic nitrogens is 1. The van der Waals surface area contributed by atoms with Crippen LogP contribution in [-0.4, -0.2) is 41.5 Å². The van der Waals surface area contributed by atoms with Gasteiger partial charge >= 0.3 is 0 Å². The van der Waals surface area contributed by atoms with Gasteiger partial charge in [-0.15, -0.1) is 0 Å². The van der Waals surface area contributed by atoms with Gasteiger partial charge in [-0.05, 0) is 37.0 Å². The number of pyridine rings is 1. The van der Waals surface area contributed by atoms with E-state index in [4.69, 9.17) is 9.40 Å². The summed E-state index contributed by atoms with van der Waals surface area (Å²) in [6.07, 6.45) is 2.38. The fourth-order valence-corrected chi connectivity index (χ4v) is 4.56. The van der Waals surface area contributed by atoms with E-state index < -0.39 is 0 Å². The third kappa shape index (κ3) is 4.36. The minimum atomic E-state index is 0.00325. The van der Waals surface area contributed by atoms with Crippen LogP contribution in [0.2, 0.25) is 0 Å². The van der Waals surface area contributed by atoms with Gasteiger partial charge in [0.1, 0.15) is 17.6 Å². The number of nitriles is 1. The second kappa shape index (κ2) is 9.50. The maximum atomic E-state index is 13.1. The molecule has 0 bridgehead atoms. The first kappa shape index (κ1) is 22.6. The number of carbonyl (C=O) groups excluding carboxylic acids is 1. The van der Waals surface area contributed by atoms with Gasteiger partial charge in [0.15, 0.2) is 0 Å². The van der Waals surface area contributed by atoms with Crippen molar-refractivity contribution in [2.75, 3.05) is 24.5 Å². The quantitative estimate of drug-likeness (QED) is 0.530. The molecule has 170 valence electrons. The molecule has 3 heterocycles. The van der Waals surface area contributed by atoms with Gasteiger partial charge in [0.2, 0.25) is 0 Å². The topological polar surface area (TPSA) is 73.4 Å². The van der Waals surface area contributed by atoms with E-state index in [0.717, 1.165) is 23.2 Å². The number of benzene rings is 1. The molecule has 1 fully saturated rings. The normalized spacial score (nSPS) is 16.2. The summed E-state index contributed by atoms with van der Waals surface area (Å²) in [4.78, 5) is 22.3. The first-order valence-corrected chi connectivity index (χ1v) is 11.5. The third-order valence-electron chi connectivity index (χ3n) is 6.39. The number of hydrogen-bond acceptors (Lipinski definition) is 5. The highest BCUT2D eigenvalue weighted by Gasteiger charge is 2.33. The number of anilines is 1. The molecule has 4 rings (SSSR count). The van der Waals surface area contributed by atoms with Gasteiger partial charge in [-0.3, -0.25) is 4.79 Å². The molecule has 0 radical (unpaired) electrons. The van der Waals surface area contributed by atoms with Crippen molar-refractivity contribution >= 4 is 11.7 Å². The zero-order valence-corrected chi connectivity index (χ0v) is 19.7. The van der Waals surface area contributed by atoms with Crippen molar-refractivity contribution in [3.05, 3.63) is 71.3 Å². The molecule has 1 saturated heterocycles. The van der Waals surface area contributed by atoms with Crippen molar-refractivity contribution in [3.8, 4) is 17.2 Å². The van der Waals surface area contributed by atoms with E-state index >= 15 is 0 Å². The summed E-state index contributed by atoms with van der Waals surface area (Å²) in [6.45, 7) is 10.0. The molecule has 6 heteroatoms. The second-order valence-electron chi connectivity index (χ2n) is 8.82. The summed E-state index contributed by atoms with van der Waals surface area (Å²) in [5.74, 6) is 1.57. The van der Waals surface area contributed by atoms with Crippen LogP contribution >= 0.6 is 0 Å². The SMILES string of the molecule is CC[C@@H]1CN(c2nc(C(C)C)c(-c3ccccc3)cc2C#N)CCN1C(=O)c1ccoc1C. The van der Waals surface area contributed by atoms with Crippen LogP contribution in [-0.2, 0) is 0 Å². The number of furan rings is 1. The van der Waals surface area contributed by atoms with Crippen LogP contribution in [0.25, 0.3) is 11.1 Å². The smallest absolute Gasteiger partial charge is 0.257 e. The molecule has 33 heavy (non-hydrogen) atoms. The minimum absolute atomic E-state index is 0.00325. The number of aryl methyl sites for hydroxylation is 1. The molecule has 1 amide bonds. The highest BCUT2D eigenvalue weighted by atomic mass is 16.3. The summed E-state index contributed by atoms with van der Waals surface area (Å²) < 4.78 is 5.35. The van der Waals surface area contributed by atoms with E-state index in [9.17, 15) is 10.1 Å². The maximum absolute atomic E-state index is 13.1. The van der Waals surface area contributed by atoms with Crippen molar-refractivity contribution in [2.24, 2.45) is 0 Å². The molecule has 1 aliphatic rings. The lowest BCUT2D eigenvalue weighted by atomic mass is 9.95. The average molecular weight is 443 g/mol. The number of nitrogens with zero attached hydrogens (tertiary/aromatic N) is 4. The number of carbonyl (C=O) groups is 1. The first-order valence-electron chi connectivity index (χ1n) is 11.5. The molecule has 1 atom stereocenters. The molecular formula is C27H30N4O2. The molecule has 0 aliphatic carbocycles. The lowest BCUT2D eigenvalue weighted by Gasteiger charge is -2.42. The van der Waals surface area contributed by atoms with Gasteiger partial charge in [-0.25, -0.2) is 4.98 Å². The molecule has 0 N–H and O–H groups in total. The second-order valence-corrected chi connectivity index (χ2v) is 8.82. The number of hydrogen-bond donors (Lipinski definition) is 0. The van der Waals surface area contributed by atoms with Crippen LogP contribution in [0.4, 0.5) is 5.82 Å². The van der Waals surface area contributed by atoms with E-state index in [1.165, 1.54) is 0 Å². The summed E-state index contributed by atoms with van der Waals surface area (Å²) in [7, 11) is 0. The number of rotatable bonds is 5. The van der Waals surface area contributed by atoms with E-state index in [1.807, 2.05) is 36.1 Å². The van der Waals surface area contributed by atoms with E-state index in [2.05, 4.69) is 43.9 Å². The predicted molar refractivity (Wildman–Crippen MR) is 129 cm³/mol. The number of piperazine rings is 1. The molecule has 0 saturated carbocycles. The molecule has 3 aromatic rings. The lowest BCUT2D eigenvalue weighted by molar-refractivity contribution is 0.0649. The van der Waals surface area contributed by atoms with E-state index in [-0.39, 0.29) is 17.9 Å². The Balaban J connectivity index is 1.67. The standard InChI is InChI=1S/C27H30N4O2/c1-5-22-17-30(12-13-31(22)27(32)23-11-14-33-19(23)4)26-21(16-28)15-24(25(29-26)18(2)3)20-9-7-6-8-10-20/h6-11,14-15,18,22H,5,12-13,17H2,1-4H3/t22-/m1/s1. The fourth-order valence-electron chi connectivity index (χ4n) is 4.56. The highest BCUT2D eigenvalue weighted by molar-refractivity contribution is 5.95. The largest absolute Gasteiger partial charge is 0.469 e. The summed E-state index contributed by atoms with van der Waals surface area (Å²) in [5.41, 5.74) is 4.23. The molecule has 0 spiro atoms. The Morgan fingerprint density at radius 1 is 1.24 bits per heavy atom. The van der Waals surface area contributed by atoms with Crippen molar-refractivity contribution in [1.82, 2.24) is 9.88 Å². The maximum Gasteiger partial charge on any atom is 0.257 e. The van der Waals surface area contributed by atoms with E-state index in [1.54, 1.807) is 12.3 Å². The van der Waals surface area contributed by atoms with Crippen molar-refractivity contribution < 1.29 is 9.21 Å². The summed E-state index contributed by atoms with van der Waals surface area (Å²) in [5, 5.41) is 9.98.